The van der Waals surface area contributed by atoms with Crippen molar-refractivity contribution in [2.45, 2.75) is 44.9 Å². The minimum Gasteiger partial charge on any atom is -0.497 e. The number of fused-ring (bicyclic) bond motifs is 4. The highest BCUT2D eigenvalue weighted by atomic mass is 16.5. The molecule has 5 nitrogen and oxygen atoms in total. The number of benzene rings is 2. The second-order valence-corrected chi connectivity index (χ2v) is 7.81. The van der Waals surface area contributed by atoms with Crippen LogP contribution in [0.25, 0.3) is 10.9 Å². The number of ether oxygens (including phenoxy) is 2. The van der Waals surface area contributed by atoms with Gasteiger partial charge in [0.05, 0.1) is 24.4 Å². The Labute approximate surface area is 170 Å². The molecule has 0 fully saturated rings. The van der Waals surface area contributed by atoms with Gasteiger partial charge in [0, 0.05) is 23.1 Å². The first-order valence-corrected chi connectivity index (χ1v) is 10.1. The maximum absolute atomic E-state index is 11.4. The fourth-order valence-electron chi connectivity index (χ4n) is 5.02. The first-order valence-electron chi connectivity index (χ1n) is 10.1. The van der Waals surface area contributed by atoms with Crippen LogP contribution in [-0.2, 0) is 22.4 Å². The molecule has 2 aromatic carbocycles. The molecule has 0 N–H and O–H groups in total. The number of methoxy groups -OCH3 is 1. The van der Waals surface area contributed by atoms with Crippen LogP contribution in [0.4, 0.5) is 5.69 Å². The lowest BCUT2D eigenvalue weighted by atomic mass is 9.86. The van der Waals surface area contributed by atoms with E-state index in [0.29, 0.717) is 12.9 Å². The van der Waals surface area contributed by atoms with E-state index in [1.807, 2.05) is 25.1 Å². The molecule has 0 saturated carbocycles. The minimum atomic E-state index is -0.323. The van der Waals surface area contributed by atoms with E-state index in [1.165, 1.54) is 11.1 Å². The molecule has 0 radical (unpaired) electrons. The Morgan fingerprint density at radius 3 is 2.90 bits per heavy atom. The monoisotopic (exact) mass is 388 g/mol. The summed E-state index contributed by atoms with van der Waals surface area (Å²) in [7, 11) is 1.68. The number of aromatic nitrogens is 1. The topological polar surface area (TPSA) is 51.7 Å². The molecule has 3 aromatic rings. The number of aryl methyl sites for hydroxylation is 2. The van der Waals surface area contributed by atoms with Gasteiger partial charge in [-0.3, -0.25) is 9.78 Å². The van der Waals surface area contributed by atoms with Crippen LogP contribution in [0, 0.1) is 6.92 Å². The van der Waals surface area contributed by atoms with Crippen molar-refractivity contribution in [1.29, 1.82) is 0 Å². The number of nitrogens with zero attached hydrogens (tertiary/aromatic N) is 2. The Morgan fingerprint density at radius 2 is 2.07 bits per heavy atom. The molecule has 0 saturated heterocycles. The van der Waals surface area contributed by atoms with Crippen molar-refractivity contribution in [2.24, 2.45) is 0 Å². The molecule has 1 aromatic heterocycles. The van der Waals surface area contributed by atoms with E-state index in [0.717, 1.165) is 52.9 Å². The summed E-state index contributed by atoms with van der Waals surface area (Å²) in [6, 6.07) is 14.8. The number of anilines is 1. The van der Waals surface area contributed by atoms with Gasteiger partial charge in [0.2, 0.25) is 0 Å². The van der Waals surface area contributed by atoms with Crippen molar-refractivity contribution in [3.8, 4) is 5.75 Å². The molecule has 2 heterocycles. The molecular formula is C24H24N2O3. The van der Waals surface area contributed by atoms with Crippen LogP contribution in [0.15, 0.2) is 42.5 Å². The van der Waals surface area contributed by atoms with Crippen LogP contribution in [0.2, 0.25) is 0 Å². The summed E-state index contributed by atoms with van der Waals surface area (Å²) in [6.45, 7) is 2.61. The number of carbonyl (C=O) groups excluding carboxylic acids is 1. The lowest BCUT2D eigenvalue weighted by molar-refractivity contribution is -0.133. The molecule has 5 rings (SSSR count). The number of carbonyl (C=O) groups is 1. The molecule has 1 aliphatic heterocycles. The number of hydrogen-bond acceptors (Lipinski definition) is 5. The van der Waals surface area contributed by atoms with Gasteiger partial charge in [-0.2, -0.15) is 0 Å². The smallest absolute Gasteiger partial charge is 0.295 e. The lowest BCUT2D eigenvalue weighted by Crippen LogP contribution is -2.39. The van der Waals surface area contributed by atoms with Crippen molar-refractivity contribution in [1.82, 2.24) is 4.98 Å². The maximum Gasteiger partial charge on any atom is 0.295 e. The van der Waals surface area contributed by atoms with E-state index in [1.54, 1.807) is 7.11 Å². The predicted octanol–water partition coefficient (Wildman–Crippen LogP) is 4.49. The largest absolute Gasteiger partial charge is 0.497 e. The van der Waals surface area contributed by atoms with Gasteiger partial charge >= 0.3 is 0 Å². The van der Waals surface area contributed by atoms with Crippen molar-refractivity contribution in [3.63, 3.8) is 0 Å². The highest BCUT2D eigenvalue weighted by Gasteiger charge is 2.40. The van der Waals surface area contributed by atoms with Gasteiger partial charge < -0.3 is 14.4 Å². The van der Waals surface area contributed by atoms with E-state index in [2.05, 4.69) is 29.2 Å². The van der Waals surface area contributed by atoms with E-state index in [9.17, 15) is 4.79 Å². The molecule has 148 valence electrons. The van der Waals surface area contributed by atoms with Crippen molar-refractivity contribution in [3.05, 3.63) is 64.8 Å². The fraction of sp³-hybridized carbons (Fsp3) is 0.333. The second-order valence-electron chi connectivity index (χ2n) is 7.81. The summed E-state index contributed by atoms with van der Waals surface area (Å²) < 4.78 is 11.1. The summed E-state index contributed by atoms with van der Waals surface area (Å²) in [4.78, 5) is 18.5. The van der Waals surface area contributed by atoms with E-state index < -0.39 is 0 Å². The van der Waals surface area contributed by atoms with E-state index in [4.69, 9.17) is 14.5 Å². The third kappa shape index (κ3) is 2.84. The third-order valence-electron chi connectivity index (χ3n) is 6.30. The molecule has 2 aliphatic rings. The lowest BCUT2D eigenvalue weighted by Gasteiger charge is -2.38. The molecule has 0 bridgehead atoms. The van der Waals surface area contributed by atoms with E-state index >= 15 is 0 Å². The second kappa shape index (κ2) is 7.07. The highest BCUT2D eigenvalue weighted by Crippen LogP contribution is 2.47. The standard InChI is InChI=1S/C24H24N2O3/c1-15-19-13-23(29-14-27)26(22-9-5-7-16-6-3-4-8-18(16)22)24(19)20-12-17(28-2)10-11-21(20)25-15/h3-4,6,8,10-12,14,22-23H,5,7,9,13H2,1-2H3. The zero-order chi connectivity index (χ0) is 20.0. The Kier molecular flexibility index (Phi) is 4.38. The van der Waals surface area contributed by atoms with Gasteiger partial charge in [-0.25, -0.2) is 0 Å². The molecule has 1 aliphatic carbocycles. The average molecular weight is 388 g/mol. The van der Waals surface area contributed by atoms with Crippen LogP contribution >= 0.6 is 0 Å². The number of pyridine rings is 1. The fourth-order valence-corrected chi connectivity index (χ4v) is 5.02. The maximum atomic E-state index is 11.4. The van der Waals surface area contributed by atoms with Crippen LogP contribution in [-0.4, -0.2) is 24.8 Å². The Morgan fingerprint density at radius 1 is 1.21 bits per heavy atom. The highest BCUT2D eigenvalue weighted by molar-refractivity contribution is 5.96. The minimum absolute atomic E-state index is 0.169. The molecule has 29 heavy (non-hydrogen) atoms. The van der Waals surface area contributed by atoms with E-state index in [-0.39, 0.29) is 12.3 Å². The predicted molar refractivity (Wildman–Crippen MR) is 112 cm³/mol. The molecule has 0 amide bonds. The zero-order valence-electron chi connectivity index (χ0n) is 16.7. The molecule has 0 spiro atoms. The van der Waals surface area contributed by atoms with Crippen molar-refractivity contribution < 1.29 is 14.3 Å². The summed E-state index contributed by atoms with van der Waals surface area (Å²) in [6.07, 6.45) is 3.57. The molecule has 2 atom stereocenters. The van der Waals surface area contributed by atoms with Gasteiger partial charge in [-0.1, -0.05) is 24.3 Å². The molecule has 5 heteroatoms. The van der Waals surface area contributed by atoms with Gasteiger partial charge in [0.15, 0.2) is 6.23 Å². The van der Waals surface area contributed by atoms with Crippen LogP contribution < -0.4 is 9.64 Å². The molecule has 2 unspecified atom stereocenters. The number of hydrogen-bond donors (Lipinski definition) is 0. The Balaban J connectivity index is 1.75. The Hall–Kier alpha value is -3.08. The summed E-state index contributed by atoms with van der Waals surface area (Å²) in [5.74, 6) is 0.800. The SMILES string of the molecule is COc1ccc2nc(C)c3c(c2c1)N(C1CCCc2ccccc21)C(OC=O)C3. The first kappa shape index (κ1) is 18.0. The summed E-state index contributed by atoms with van der Waals surface area (Å²) >= 11 is 0. The van der Waals surface area contributed by atoms with Crippen LogP contribution in [0.1, 0.15) is 41.3 Å². The summed E-state index contributed by atoms with van der Waals surface area (Å²) in [5.41, 5.74) is 6.92. The van der Waals surface area contributed by atoms with Crippen LogP contribution in [0.5, 0.6) is 5.75 Å². The first-order chi connectivity index (χ1) is 14.2. The van der Waals surface area contributed by atoms with Gasteiger partial charge in [0.1, 0.15) is 5.75 Å². The van der Waals surface area contributed by atoms with Crippen LogP contribution in [0.3, 0.4) is 0 Å². The van der Waals surface area contributed by atoms with Gasteiger partial charge in [-0.15, -0.1) is 0 Å². The Bertz CT molecular complexity index is 1090. The average Bonchev–Trinajstić information content (AvgIpc) is 3.13. The van der Waals surface area contributed by atoms with Crippen molar-refractivity contribution >= 4 is 23.1 Å². The van der Waals surface area contributed by atoms with Crippen molar-refractivity contribution in [2.75, 3.05) is 12.0 Å². The van der Waals surface area contributed by atoms with Gasteiger partial charge in [0.25, 0.3) is 6.47 Å². The quantitative estimate of drug-likeness (QED) is 0.617. The van der Waals surface area contributed by atoms with Gasteiger partial charge in [-0.05, 0) is 55.5 Å². The molecular weight excluding hydrogens is 364 g/mol. The normalized spacial score (nSPS) is 20.3. The third-order valence-corrected chi connectivity index (χ3v) is 6.30. The number of rotatable bonds is 4. The summed E-state index contributed by atoms with van der Waals surface area (Å²) in [5, 5.41) is 1.05. The zero-order valence-corrected chi connectivity index (χ0v) is 16.7.